The van der Waals surface area contributed by atoms with E-state index in [1.54, 1.807) is 12.4 Å². The SMILES string of the molecule is O=C(c1cn[nH]c1)N1CCCC(CCCl)C1. The molecule has 0 aromatic carbocycles. The minimum Gasteiger partial charge on any atom is -0.338 e. The molecule has 16 heavy (non-hydrogen) atoms. The van der Waals surface area contributed by atoms with Gasteiger partial charge in [-0.05, 0) is 25.2 Å². The second kappa shape index (κ2) is 5.34. The monoisotopic (exact) mass is 241 g/mol. The van der Waals surface area contributed by atoms with Crippen LogP contribution >= 0.6 is 11.6 Å². The number of piperidine rings is 1. The van der Waals surface area contributed by atoms with Gasteiger partial charge in [0, 0.05) is 25.2 Å². The molecule has 0 spiro atoms. The maximum absolute atomic E-state index is 12.0. The van der Waals surface area contributed by atoms with Gasteiger partial charge in [-0.3, -0.25) is 9.89 Å². The third kappa shape index (κ3) is 2.55. The molecule has 1 aromatic rings. The topological polar surface area (TPSA) is 49.0 Å². The lowest BCUT2D eigenvalue weighted by molar-refractivity contribution is 0.0671. The molecule has 1 saturated heterocycles. The molecule has 0 aliphatic carbocycles. The average molecular weight is 242 g/mol. The van der Waals surface area contributed by atoms with Crippen molar-refractivity contribution in [1.82, 2.24) is 15.1 Å². The molecule has 1 fully saturated rings. The fourth-order valence-electron chi connectivity index (χ4n) is 2.19. The number of rotatable bonds is 3. The lowest BCUT2D eigenvalue weighted by Gasteiger charge is -2.32. The maximum Gasteiger partial charge on any atom is 0.257 e. The van der Waals surface area contributed by atoms with Crippen LogP contribution in [0.2, 0.25) is 0 Å². The van der Waals surface area contributed by atoms with Gasteiger partial charge in [0.1, 0.15) is 0 Å². The summed E-state index contributed by atoms with van der Waals surface area (Å²) >= 11 is 5.74. The molecule has 1 unspecified atom stereocenters. The van der Waals surface area contributed by atoms with Crippen molar-refractivity contribution in [2.45, 2.75) is 19.3 Å². The van der Waals surface area contributed by atoms with Crippen molar-refractivity contribution in [3.8, 4) is 0 Å². The van der Waals surface area contributed by atoms with Gasteiger partial charge in [0.25, 0.3) is 5.91 Å². The van der Waals surface area contributed by atoms with Crippen LogP contribution in [0.4, 0.5) is 0 Å². The molecular weight excluding hydrogens is 226 g/mol. The Labute approximate surface area is 100.0 Å². The van der Waals surface area contributed by atoms with E-state index in [0.717, 1.165) is 25.9 Å². The Morgan fingerprint density at radius 3 is 3.25 bits per heavy atom. The molecule has 5 heteroatoms. The van der Waals surface area contributed by atoms with Crippen LogP contribution in [-0.2, 0) is 0 Å². The molecule has 1 atom stereocenters. The van der Waals surface area contributed by atoms with Crippen LogP contribution in [0.15, 0.2) is 12.4 Å². The van der Waals surface area contributed by atoms with Crippen molar-refractivity contribution in [1.29, 1.82) is 0 Å². The standard InChI is InChI=1S/C11H16ClN3O/c12-4-3-9-2-1-5-15(8-9)11(16)10-6-13-14-7-10/h6-7,9H,1-5,8H2,(H,13,14). The first kappa shape index (κ1) is 11.5. The highest BCUT2D eigenvalue weighted by Crippen LogP contribution is 2.21. The zero-order chi connectivity index (χ0) is 11.4. The summed E-state index contributed by atoms with van der Waals surface area (Å²) in [5, 5.41) is 6.47. The smallest absolute Gasteiger partial charge is 0.257 e. The summed E-state index contributed by atoms with van der Waals surface area (Å²) in [6, 6.07) is 0. The lowest BCUT2D eigenvalue weighted by Crippen LogP contribution is -2.39. The first-order valence-electron chi connectivity index (χ1n) is 5.65. The number of halogens is 1. The molecule has 0 saturated carbocycles. The second-order valence-electron chi connectivity index (χ2n) is 4.22. The van der Waals surface area contributed by atoms with Crippen LogP contribution in [0.3, 0.4) is 0 Å². The fourth-order valence-corrected chi connectivity index (χ4v) is 2.50. The van der Waals surface area contributed by atoms with Gasteiger partial charge in [0.15, 0.2) is 0 Å². The molecule has 1 aliphatic rings. The molecule has 0 radical (unpaired) electrons. The van der Waals surface area contributed by atoms with Crippen molar-refractivity contribution in [2.75, 3.05) is 19.0 Å². The minimum absolute atomic E-state index is 0.0769. The van der Waals surface area contributed by atoms with E-state index in [-0.39, 0.29) is 5.91 Å². The number of H-pyrrole nitrogens is 1. The number of likely N-dealkylation sites (tertiary alicyclic amines) is 1. The van der Waals surface area contributed by atoms with Gasteiger partial charge < -0.3 is 4.90 Å². The van der Waals surface area contributed by atoms with E-state index in [4.69, 9.17) is 11.6 Å². The number of carbonyl (C=O) groups excluding carboxylic acids is 1. The molecular formula is C11H16ClN3O. The van der Waals surface area contributed by atoms with Crippen molar-refractivity contribution in [3.63, 3.8) is 0 Å². The number of aromatic amines is 1. The summed E-state index contributed by atoms with van der Waals surface area (Å²) in [5.74, 6) is 1.31. The third-order valence-corrected chi connectivity index (χ3v) is 3.29. The zero-order valence-electron chi connectivity index (χ0n) is 9.16. The van der Waals surface area contributed by atoms with E-state index < -0.39 is 0 Å². The van der Waals surface area contributed by atoms with Crippen LogP contribution in [0, 0.1) is 5.92 Å². The maximum atomic E-state index is 12.0. The summed E-state index contributed by atoms with van der Waals surface area (Å²) in [6.07, 6.45) is 6.48. The Morgan fingerprint density at radius 1 is 1.69 bits per heavy atom. The van der Waals surface area contributed by atoms with Crippen LogP contribution in [0.1, 0.15) is 29.6 Å². The van der Waals surface area contributed by atoms with Crippen molar-refractivity contribution in [3.05, 3.63) is 18.0 Å². The van der Waals surface area contributed by atoms with Gasteiger partial charge >= 0.3 is 0 Å². The van der Waals surface area contributed by atoms with E-state index in [9.17, 15) is 4.79 Å². The summed E-state index contributed by atoms with van der Waals surface area (Å²) in [6.45, 7) is 1.68. The highest BCUT2D eigenvalue weighted by atomic mass is 35.5. The summed E-state index contributed by atoms with van der Waals surface area (Å²) < 4.78 is 0. The first-order valence-corrected chi connectivity index (χ1v) is 6.18. The molecule has 0 bridgehead atoms. The van der Waals surface area contributed by atoms with Gasteiger partial charge in [-0.2, -0.15) is 5.10 Å². The number of aromatic nitrogens is 2. The summed E-state index contributed by atoms with van der Waals surface area (Å²) in [4.78, 5) is 14.0. The highest BCUT2D eigenvalue weighted by Gasteiger charge is 2.24. The molecule has 88 valence electrons. The summed E-state index contributed by atoms with van der Waals surface area (Å²) in [7, 11) is 0. The van der Waals surface area contributed by atoms with Gasteiger partial charge in [0.05, 0.1) is 11.8 Å². The van der Waals surface area contributed by atoms with Crippen LogP contribution < -0.4 is 0 Å². The van der Waals surface area contributed by atoms with Crippen molar-refractivity contribution >= 4 is 17.5 Å². The van der Waals surface area contributed by atoms with Crippen LogP contribution in [0.25, 0.3) is 0 Å². The molecule has 4 nitrogen and oxygen atoms in total. The van der Waals surface area contributed by atoms with E-state index in [1.165, 1.54) is 6.42 Å². The second-order valence-corrected chi connectivity index (χ2v) is 4.60. The number of nitrogens with zero attached hydrogens (tertiary/aromatic N) is 2. The number of nitrogens with one attached hydrogen (secondary N) is 1. The van der Waals surface area contributed by atoms with Crippen molar-refractivity contribution in [2.24, 2.45) is 5.92 Å². The summed E-state index contributed by atoms with van der Waals surface area (Å²) in [5.41, 5.74) is 0.645. The van der Waals surface area contributed by atoms with Gasteiger partial charge in [-0.1, -0.05) is 0 Å². The molecule has 1 aromatic heterocycles. The van der Waals surface area contributed by atoms with Gasteiger partial charge in [-0.25, -0.2) is 0 Å². The number of hydrogen-bond acceptors (Lipinski definition) is 2. The predicted octanol–water partition coefficient (Wildman–Crippen LogP) is 1.89. The molecule has 1 N–H and O–H groups in total. The number of carbonyl (C=O) groups is 1. The van der Waals surface area contributed by atoms with E-state index in [1.807, 2.05) is 4.90 Å². The molecule has 2 heterocycles. The Balaban J connectivity index is 1.96. The number of alkyl halides is 1. The average Bonchev–Trinajstić information content (AvgIpc) is 2.82. The Morgan fingerprint density at radius 2 is 2.56 bits per heavy atom. The van der Waals surface area contributed by atoms with E-state index in [2.05, 4.69) is 10.2 Å². The quantitative estimate of drug-likeness (QED) is 0.822. The predicted molar refractivity (Wildman–Crippen MR) is 62.6 cm³/mol. The van der Waals surface area contributed by atoms with E-state index >= 15 is 0 Å². The Kier molecular flexibility index (Phi) is 3.83. The third-order valence-electron chi connectivity index (χ3n) is 3.07. The number of hydrogen-bond donors (Lipinski definition) is 1. The minimum atomic E-state index is 0.0769. The van der Waals surface area contributed by atoms with Gasteiger partial charge in [-0.15, -0.1) is 11.6 Å². The molecule has 1 aliphatic heterocycles. The Bertz CT molecular complexity index is 337. The fraction of sp³-hybridized carbons (Fsp3) is 0.636. The number of amides is 1. The highest BCUT2D eigenvalue weighted by molar-refractivity contribution is 6.17. The normalized spacial score (nSPS) is 21.1. The van der Waals surface area contributed by atoms with Crippen LogP contribution in [-0.4, -0.2) is 40.0 Å². The first-order chi connectivity index (χ1) is 7.81. The largest absolute Gasteiger partial charge is 0.338 e. The Hall–Kier alpha value is -1.03. The zero-order valence-corrected chi connectivity index (χ0v) is 9.91. The molecule has 1 amide bonds. The van der Waals surface area contributed by atoms with E-state index in [0.29, 0.717) is 17.4 Å². The molecule has 2 rings (SSSR count). The van der Waals surface area contributed by atoms with Crippen molar-refractivity contribution < 1.29 is 4.79 Å². The van der Waals surface area contributed by atoms with Gasteiger partial charge in [0.2, 0.25) is 0 Å². The van der Waals surface area contributed by atoms with Crippen LogP contribution in [0.5, 0.6) is 0 Å². The lowest BCUT2D eigenvalue weighted by atomic mass is 9.95.